The number of likely N-dealkylation sites (tertiary alicyclic amines) is 1. The maximum Gasteiger partial charge on any atom is 0.253 e. The summed E-state index contributed by atoms with van der Waals surface area (Å²) in [5.74, 6) is -0.0328. The van der Waals surface area contributed by atoms with Gasteiger partial charge in [0, 0.05) is 33.9 Å². The Hall–Kier alpha value is -0.360. The van der Waals surface area contributed by atoms with Gasteiger partial charge in [0.05, 0.1) is 6.10 Å². The summed E-state index contributed by atoms with van der Waals surface area (Å²) in [5.41, 5.74) is 5.42. The number of methoxy groups -OCH3 is 2. The van der Waals surface area contributed by atoms with Crippen molar-refractivity contribution in [1.29, 1.82) is 0 Å². The molecule has 5 nitrogen and oxygen atoms in total. The maximum atomic E-state index is 11.7. The molecule has 0 aromatic rings. The van der Waals surface area contributed by atoms with Crippen LogP contribution >= 0.6 is 12.4 Å². The van der Waals surface area contributed by atoms with Crippen molar-refractivity contribution in [1.82, 2.24) is 4.90 Å². The van der Waals surface area contributed by atoms with Gasteiger partial charge in [-0.25, -0.2) is 0 Å². The van der Waals surface area contributed by atoms with Gasteiger partial charge in [-0.3, -0.25) is 4.79 Å². The van der Waals surface area contributed by atoms with E-state index in [4.69, 9.17) is 15.2 Å². The molecular weight excluding hydrogens is 220 g/mol. The molecule has 1 fully saturated rings. The lowest BCUT2D eigenvalue weighted by molar-refractivity contribution is -0.140. The first kappa shape index (κ1) is 14.6. The number of hydrogen-bond donors (Lipinski definition) is 1. The fraction of sp³-hybridized carbons (Fsp3) is 0.889. The third-order valence-electron chi connectivity index (χ3n) is 2.56. The summed E-state index contributed by atoms with van der Waals surface area (Å²) >= 11 is 0. The van der Waals surface area contributed by atoms with Crippen LogP contribution < -0.4 is 5.73 Å². The molecule has 90 valence electrons. The fourth-order valence-electron chi connectivity index (χ4n) is 1.62. The fourth-order valence-corrected chi connectivity index (χ4v) is 1.62. The van der Waals surface area contributed by atoms with Crippen molar-refractivity contribution in [3.8, 4) is 0 Å². The lowest BCUT2D eigenvalue weighted by Crippen LogP contribution is -2.42. The Kier molecular flexibility index (Phi) is 6.84. The van der Waals surface area contributed by atoms with Crippen molar-refractivity contribution in [2.75, 3.05) is 33.9 Å². The van der Waals surface area contributed by atoms with Crippen molar-refractivity contribution in [2.24, 2.45) is 5.73 Å². The van der Waals surface area contributed by atoms with Crippen molar-refractivity contribution in [3.05, 3.63) is 0 Å². The van der Waals surface area contributed by atoms with E-state index >= 15 is 0 Å². The zero-order chi connectivity index (χ0) is 10.6. The minimum absolute atomic E-state index is 0. The second-order valence-corrected chi connectivity index (χ2v) is 3.39. The third kappa shape index (κ3) is 3.61. The highest BCUT2D eigenvalue weighted by molar-refractivity contribution is 5.85. The number of rotatable bonds is 4. The van der Waals surface area contributed by atoms with Gasteiger partial charge in [0.25, 0.3) is 5.91 Å². The number of ether oxygens (including phenoxy) is 2. The number of amides is 1. The van der Waals surface area contributed by atoms with Gasteiger partial charge in [0.15, 0.2) is 0 Å². The Labute approximate surface area is 96.3 Å². The summed E-state index contributed by atoms with van der Waals surface area (Å²) < 4.78 is 10.2. The molecule has 0 aliphatic carbocycles. The van der Waals surface area contributed by atoms with Crippen molar-refractivity contribution in [2.45, 2.75) is 18.6 Å². The summed E-state index contributed by atoms with van der Waals surface area (Å²) in [4.78, 5) is 13.5. The number of carbonyl (C=O) groups excluding carboxylic acids is 1. The molecule has 1 aliphatic rings. The van der Waals surface area contributed by atoms with E-state index < -0.39 is 6.10 Å². The number of nitrogens with zero attached hydrogens (tertiary/aromatic N) is 1. The normalized spacial score (nSPS) is 22.3. The Morgan fingerprint density at radius 2 is 2.27 bits per heavy atom. The van der Waals surface area contributed by atoms with Crippen LogP contribution in [0, 0.1) is 0 Å². The summed E-state index contributed by atoms with van der Waals surface area (Å²) in [6.07, 6.45) is 0.545. The van der Waals surface area contributed by atoms with Gasteiger partial charge in [-0.05, 0) is 6.42 Å². The number of halogens is 1. The second kappa shape index (κ2) is 7.00. The molecule has 1 amide bonds. The molecule has 0 spiro atoms. The predicted octanol–water partition coefficient (Wildman–Crippen LogP) is -0.371. The highest BCUT2D eigenvalue weighted by Crippen LogP contribution is 2.13. The van der Waals surface area contributed by atoms with E-state index in [1.165, 1.54) is 7.11 Å². The Morgan fingerprint density at radius 3 is 2.67 bits per heavy atom. The lowest BCUT2D eigenvalue weighted by Gasteiger charge is -2.21. The molecule has 1 heterocycles. The van der Waals surface area contributed by atoms with Crippen molar-refractivity contribution >= 4 is 18.3 Å². The van der Waals surface area contributed by atoms with E-state index in [-0.39, 0.29) is 31.0 Å². The van der Waals surface area contributed by atoms with E-state index in [0.29, 0.717) is 6.54 Å². The van der Waals surface area contributed by atoms with E-state index in [0.717, 1.165) is 13.0 Å². The molecule has 0 bridgehead atoms. The second-order valence-electron chi connectivity index (χ2n) is 3.39. The monoisotopic (exact) mass is 238 g/mol. The molecule has 0 aromatic carbocycles. The van der Waals surface area contributed by atoms with Gasteiger partial charge in [0.2, 0.25) is 0 Å². The first-order valence-corrected chi connectivity index (χ1v) is 4.77. The van der Waals surface area contributed by atoms with Crippen molar-refractivity contribution < 1.29 is 14.3 Å². The van der Waals surface area contributed by atoms with Crippen molar-refractivity contribution in [3.63, 3.8) is 0 Å². The zero-order valence-electron chi connectivity index (χ0n) is 9.14. The largest absolute Gasteiger partial charge is 0.380 e. The van der Waals surface area contributed by atoms with Crippen LogP contribution in [0.25, 0.3) is 0 Å². The average Bonchev–Trinajstić information content (AvgIpc) is 2.67. The molecule has 2 atom stereocenters. The first-order chi connectivity index (χ1) is 6.72. The molecule has 1 aliphatic heterocycles. The van der Waals surface area contributed by atoms with E-state index in [2.05, 4.69) is 0 Å². The molecular formula is C9H19ClN2O3. The molecule has 0 radical (unpaired) electrons. The quantitative estimate of drug-likeness (QED) is 0.726. The summed E-state index contributed by atoms with van der Waals surface area (Å²) in [6, 6.07) is 0. The number of carbonyl (C=O) groups is 1. The molecule has 1 unspecified atom stereocenters. The third-order valence-corrected chi connectivity index (χ3v) is 2.56. The standard InChI is InChI=1S/C9H18N2O3.ClH/c1-13-7-3-4-11(6-7)9(12)8(5-10)14-2;/h7-8H,3-6,10H2,1-2H3;1H/t7-,8?;/m1./s1. The first-order valence-electron chi connectivity index (χ1n) is 4.77. The van der Waals surface area contributed by atoms with Crippen LogP contribution in [0.15, 0.2) is 0 Å². The van der Waals surface area contributed by atoms with E-state index in [1.54, 1.807) is 12.0 Å². The molecule has 2 N–H and O–H groups in total. The maximum absolute atomic E-state index is 11.7. The highest BCUT2D eigenvalue weighted by atomic mass is 35.5. The van der Waals surface area contributed by atoms with Crippen LogP contribution in [-0.2, 0) is 14.3 Å². The van der Waals surface area contributed by atoms with Crippen LogP contribution in [-0.4, -0.2) is 56.9 Å². The van der Waals surface area contributed by atoms with Gasteiger partial charge in [-0.1, -0.05) is 0 Å². The molecule has 1 saturated heterocycles. The predicted molar refractivity (Wildman–Crippen MR) is 59.1 cm³/mol. The number of hydrogen-bond acceptors (Lipinski definition) is 4. The Bertz CT molecular complexity index is 200. The summed E-state index contributed by atoms with van der Waals surface area (Å²) in [6.45, 7) is 1.61. The molecule has 0 saturated carbocycles. The lowest BCUT2D eigenvalue weighted by atomic mass is 10.3. The molecule has 6 heteroatoms. The van der Waals surface area contributed by atoms with E-state index in [1.807, 2.05) is 0 Å². The SMILES string of the molecule is COC(CN)C(=O)N1CC[C@@H](OC)C1.Cl. The topological polar surface area (TPSA) is 64.8 Å². The van der Waals surface area contributed by atoms with Gasteiger partial charge >= 0.3 is 0 Å². The van der Waals surface area contributed by atoms with Crippen LogP contribution in [0.3, 0.4) is 0 Å². The Balaban J connectivity index is 0.00000196. The van der Waals surface area contributed by atoms with Gasteiger partial charge in [-0.15, -0.1) is 12.4 Å². The minimum Gasteiger partial charge on any atom is -0.380 e. The average molecular weight is 239 g/mol. The minimum atomic E-state index is -0.509. The van der Waals surface area contributed by atoms with Crippen LogP contribution in [0.4, 0.5) is 0 Å². The van der Waals surface area contributed by atoms with Gasteiger partial charge < -0.3 is 20.1 Å². The Morgan fingerprint density at radius 1 is 1.60 bits per heavy atom. The van der Waals surface area contributed by atoms with Crippen LogP contribution in [0.2, 0.25) is 0 Å². The van der Waals surface area contributed by atoms with Crippen LogP contribution in [0.5, 0.6) is 0 Å². The van der Waals surface area contributed by atoms with Gasteiger partial charge in [-0.2, -0.15) is 0 Å². The molecule has 15 heavy (non-hydrogen) atoms. The number of nitrogens with two attached hydrogens (primary N) is 1. The van der Waals surface area contributed by atoms with Crippen LogP contribution in [0.1, 0.15) is 6.42 Å². The summed E-state index contributed by atoms with van der Waals surface area (Å²) in [5, 5.41) is 0. The zero-order valence-corrected chi connectivity index (χ0v) is 9.96. The summed E-state index contributed by atoms with van der Waals surface area (Å²) in [7, 11) is 3.16. The van der Waals surface area contributed by atoms with Gasteiger partial charge in [0.1, 0.15) is 6.10 Å². The van der Waals surface area contributed by atoms with E-state index in [9.17, 15) is 4.79 Å². The molecule has 0 aromatic heterocycles. The highest BCUT2D eigenvalue weighted by Gasteiger charge is 2.30. The molecule has 1 rings (SSSR count). The smallest absolute Gasteiger partial charge is 0.253 e.